The molecule has 1 aromatic carbocycles. The lowest BCUT2D eigenvalue weighted by molar-refractivity contribution is 0.315. The third-order valence-corrected chi connectivity index (χ3v) is 6.98. The van der Waals surface area contributed by atoms with E-state index in [1.807, 2.05) is 24.1 Å². The van der Waals surface area contributed by atoms with Crippen molar-refractivity contribution in [3.05, 3.63) is 52.3 Å². The zero-order chi connectivity index (χ0) is 24.1. The Morgan fingerprint density at radius 3 is 2.76 bits per heavy atom. The Hall–Kier alpha value is -2.58. The van der Waals surface area contributed by atoms with Gasteiger partial charge in [0.2, 0.25) is 0 Å². The summed E-state index contributed by atoms with van der Waals surface area (Å²) in [5.74, 6) is 0.596. The predicted molar refractivity (Wildman–Crippen MR) is 135 cm³/mol. The number of nitrogens with one attached hydrogen (secondary N) is 2. The van der Waals surface area contributed by atoms with Crippen molar-refractivity contribution in [1.82, 2.24) is 15.3 Å². The van der Waals surface area contributed by atoms with Gasteiger partial charge in [-0.1, -0.05) is 24.6 Å². The highest BCUT2D eigenvalue weighted by atomic mass is 35.5. The second-order valence-electron chi connectivity index (χ2n) is 8.68. The molecule has 0 spiro atoms. The predicted octanol–water partition coefficient (Wildman–Crippen LogP) is 5.09. The summed E-state index contributed by atoms with van der Waals surface area (Å²) in [6.07, 6.45) is 8.86. The molecule has 182 valence electrons. The third-order valence-electron chi connectivity index (χ3n) is 6.57. The summed E-state index contributed by atoms with van der Waals surface area (Å²) >= 11 is 6.07. The molecular formula is C25H31ClF2N6. The largest absolute Gasteiger partial charge is 0.365 e. The van der Waals surface area contributed by atoms with Gasteiger partial charge in [-0.3, -0.25) is 4.99 Å². The van der Waals surface area contributed by atoms with Crippen LogP contribution in [0.2, 0.25) is 5.02 Å². The van der Waals surface area contributed by atoms with Gasteiger partial charge >= 0.3 is 0 Å². The lowest BCUT2D eigenvalue weighted by atomic mass is 9.89. The number of anilines is 2. The highest BCUT2D eigenvalue weighted by Gasteiger charge is 2.24. The molecule has 0 aliphatic carbocycles. The van der Waals surface area contributed by atoms with Crippen LogP contribution in [0.3, 0.4) is 0 Å². The maximum absolute atomic E-state index is 14.4. The first kappa shape index (κ1) is 24.5. The normalized spacial score (nSPS) is 18.1. The van der Waals surface area contributed by atoms with Crippen LogP contribution in [-0.2, 0) is 6.54 Å². The minimum Gasteiger partial charge on any atom is -0.365 e. The van der Waals surface area contributed by atoms with E-state index in [0.717, 1.165) is 50.1 Å². The average molecular weight is 489 g/mol. The van der Waals surface area contributed by atoms with Crippen molar-refractivity contribution in [1.29, 1.82) is 0 Å². The monoisotopic (exact) mass is 488 g/mol. The molecule has 2 aliphatic heterocycles. The number of fused-ring (bicyclic) bond motifs is 1. The first-order valence-corrected chi connectivity index (χ1v) is 12.3. The molecule has 1 unspecified atom stereocenters. The number of rotatable bonds is 7. The Kier molecular flexibility index (Phi) is 8.11. The number of piperidine rings is 1. The van der Waals surface area contributed by atoms with Crippen LogP contribution in [0.25, 0.3) is 5.57 Å². The Labute approximate surface area is 204 Å². The van der Waals surface area contributed by atoms with E-state index in [0.29, 0.717) is 36.3 Å². The van der Waals surface area contributed by atoms with Crippen LogP contribution in [0.4, 0.5) is 20.4 Å². The molecule has 0 saturated carbocycles. The second kappa shape index (κ2) is 11.2. The van der Waals surface area contributed by atoms with Gasteiger partial charge < -0.3 is 15.5 Å². The summed E-state index contributed by atoms with van der Waals surface area (Å²) in [6.45, 7) is 7.49. The molecular weight excluding hydrogens is 458 g/mol. The van der Waals surface area contributed by atoms with Crippen LogP contribution >= 0.6 is 11.6 Å². The lowest BCUT2D eigenvalue weighted by Crippen LogP contribution is -2.35. The highest BCUT2D eigenvalue weighted by Crippen LogP contribution is 2.31. The number of allylic oxidation sites excluding steroid dienone is 2. The molecule has 3 heterocycles. The molecule has 34 heavy (non-hydrogen) atoms. The molecule has 1 fully saturated rings. The van der Waals surface area contributed by atoms with E-state index < -0.39 is 11.6 Å². The molecule has 0 radical (unpaired) electrons. The molecule has 2 aliphatic rings. The van der Waals surface area contributed by atoms with Crippen molar-refractivity contribution >= 4 is 35.0 Å². The summed E-state index contributed by atoms with van der Waals surface area (Å²) in [5.41, 5.74) is 1.68. The lowest BCUT2D eigenvalue weighted by Gasteiger charge is -2.31. The van der Waals surface area contributed by atoms with Crippen LogP contribution in [0.15, 0.2) is 29.4 Å². The molecule has 2 N–H and O–H groups in total. The minimum atomic E-state index is -0.639. The van der Waals surface area contributed by atoms with Gasteiger partial charge in [-0.05, 0) is 57.3 Å². The van der Waals surface area contributed by atoms with E-state index in [9.17, 15) is 8.78 Å². The van der Waals surface area contributed by atoms with E-state index in [4.69, 9.17) is 21.6 Å². The zero-order valence-corrected chi connectivity index (χ0v) is 20.4. The van der Waals surface area contributed by atoms with Crippen molar-refractivity contribution in [2.75, 3.05) is 36.4 Å². The summed E-state index contributed by atoms with van der Waals surface area (Å²) in [5, 5.41) is 6.44. The number of halogens is 3. The summed E-state index contributed by atoms with van der Waals surface area (Å²) in [4.78, 5) is 16.2. The Morgan fingerprint density at radius 2 is 2.03 bits per heavy atom. The van der Waals surface area contributed by atoms with Crippen molar-refractivity contribution in [2.24, 2.45) is 10.9 Å². The molecule has 9 heteroatoms. The average Bonchev–Trinajstić information content (AvgIpc) is 2.87. The zero-order valence-electron chi connectivity index (χ0n) is 19.6. The van der Waals surface area contributed by atoms with Gasteiger partial charge in [-0.15, -0.1) is 0 Å². The fourth-order valence-corrected chi connectivity index (χ4v) is 4.80. The standard InChI is InChI=1S/C25H31ClF2N6/c1-3-16(13-31-21(4-2)17-7-9-29-10-8-17)22-14-32-24-25(33-22)34(12-11-30-24)15-18-19(27)5-6-20(28)23(18)26/h3,5-6,13-14,17,21,29H,4,7-12,15H2,1-2H3,(H,30,32). The van der Waals surface area contributed by atoms with Crippen molar-refractivity contribution < 1.29 is 8.78 Å². The van der Waals surface area contributed by atoms with Gasteiger partial charge in [0.1, 0.15) is 11.6 Å². The highest BCUT2D eigenvalue weighted by molar-refractivity contribution is 6.31. The van der Waals surface area contributed by atoms with Crippen LogP contribution in [0.5, 0.6) is 0 Å². The quantitative estimate of drug-likeness (QED) is 0.419. The molecule has 1 aromatic heterocycles. The van der Waals surface area contributed by atoms with E-state index in [1.54, 1.807) is 6.20 Å². The number of hydrogen-bond donors (Lipinski definition) is 2. The fourth-order valence-electron chi connectivity index (χ4n) is 4.59. The summed E-state index contributed by atoms with van der Waals surface area (Å²) in [6, 6.07) is 2.41. The van der Waals surface area contributed by atoms with Crippen LogP contribution < -0.4 is 15.5 Å². The fraction of sp³-hybridized carbons (Fsp3) is 0.480. The maximum Gasteiger partial charge on any atom is 0.172 e. The smallest absolute Gasteiger partial charge is 0.172 e. The van der Waals surface area contributed by atoms with Crippen molar-refractivity contribution in [3.8, 4) is 0 Å². The Morgan fingerprint density at radius 1 is 1.26 bits per heavy atom. The molecule has 4 rings (SSSR count). The SMILES string of the molecule is CC=C(C=NC(CC)C1CCNCC1)c1cnc2c(n1)N(Cc1c(F)ccc(F)c1Cl)CCN2. The van der Waals surface area contributed by atoms with Gasteiger partial charge in [0, 0.05) is 37.0 Å². The number of aliphatic imine (C=N–C) groups is 1. The molecule has 1 saturated heterocycles. The molecule has 0 amide bonds. The number of benzene rings is 1. The maximum atomic E-state index is 14.4. The van der Waals surface area contributed by atoms with Crippen LogP contribution in [0.1, 0.15) is 44.4 Å². The molecule has 0 bridgehead atoms. The van der Waals surface area contributed by atoms with Crippen LogP contribution in [0, 0.1) is 17.6 Å². The second-order valence-corrected chi connectivity index (χ2v) is 9.06. The number of aromatic nitrogens is 2. The van der Waals surface area contributed by atoms with Gasteiger partial charge in [-0.2, -0.15) is 0 Å². The Balaban J connectivity index is 1.58. The van der Waals surface area contributed by atoms with Gasteiger partial charge in [0.15, 0.2) is 11.6 Å². The first-order chi connectivity index (χ1) is 16.5. The Bertz CT molecular complexity index is 1070. The van der Waals surface area contributed by atoms with Gasteiger partial charge in [0.05, 0.1) is 23.0 Å². The first-order valence-electron chi connectivity index (χ1n) is 11.9. The summed E-state index contributed by atoms with van der Waals surface area (Å²) in [7, 11) is 0. The van der Waals surface area contributed by atoms with Crippen molar-refractivity contribution in [3.63, 3.8) is 0 Å². The van der Waals surface area contributed by atoms with E-state index in [-0.39, 0.29) is 23.2 Å². The van der Waals surface area contributed by atoms with E-state index in [1.165, 1.54) is 0 Å². The molecule has 1 atom stereocenters. The van der Waals surface area contributed by atoms with E-state index in [2.05, 4.69) is 22.5 Å². The van der Waals surface area contributed by atoms with E-state index >= 15 is 0 Å². The summed E-state index contributed by atoms with van der Waals surface area (Å²) < 4.78 is 28.4. The minimum absolute atomic E-state index is 0.0993. The third kappa shape index (κ3) is 5.39. The van der Waals surface area contributed by atoms with Gasteiger partial charge in [0.25, 0.3) is 0 Å². The van der Waals surface area contributed by atoms with Gasteiger partial charge in [-0.25, -0.2) is 18.7 Å². The topological polar surface area (TPSA) is 65.4 Å². The van der Waals surface area contributed by atoms with Crippen molar-refractivity contribution in [2.45, 2.75) is 45.7 Å². The number of hydrogen-bond acceptors (Lipinski definition) is 6. The molecule has 2 aromatic rings. The van der Waals surface area contributed by atoms with Crippen LogP contribution in [-0.4, -0.2) is 48.4 Å². The molecule has 6 nitrogen and oxygen atoms in total. The number of nitrogens with zero attached hydrogens (tertiary/aromatic N) is 4.